The Morgan fingerprint density at radius 1 is 1.15 bits per heavy atom. The van der Waals surface area contributed by atoms with Gasteiger partial charge in [0.05, 0.1) is 11.8 Å². The molecule has 0 atom stereocenters. The Balaban J connectivity index is 2.41. The van der Waals surface area contributed by atoms with Crippen LogP contribution in [0.5, 0.6) is 0 Å². The fourth-order valence-electron chi connectivity index (χ4n) is 2.58. The summed E-state index contributed by atoms with van der Waals surface area (Å²) in [6.45, 7) is 9.28. The standard InChI is InChI=1S/C22H22O5/c1-13(2)16-8-10-17(11-9-16)18-12-27-20(19(18)22(25)26)14(3)6-5-7-15(4)21(23)24/h5-13H,4H2,1-3H3,(H,23,24)(H,25,26)/b7-5-,14-6+. The zero-order chi connectivity index (χ0) is 20.1. The molecule has 0 aliphatic carbocycles. The molecule has 0 saturated heterocycles. The summed E-state index contributed by atoms with van der Waals surface area (Å²) in [6.07, 6.45) is 5.85. The molecule has 1 aromatic heterocycles. The van der Waals surface area contributed by atoms with Gasteiger partial charge in [0.1, 0.15) is 11.3 Å². The maximum Gasteiger partial charge on any atom is 0.340 e. The first-order chi connectivity index (χ1) is 12.7. The maximum atomic E-state index is 11.8. The predicted molar refractivity (Wildman–Crippen MR) is 105 cm³/mol. The minimum Gasteiger partial charge on any atom is -0.478 e. The number of carboxylic acid groups (broad SMARTS) is 2. The van der Waals surface area contributed by atoms with E-state index in [2.05, 4.69) is 20.4 Å². The average molecular weight is 366 g/mol. The summed E-state index contributed by atoms with van der Waals surface area (Å²) < 4.78 is 5.53. The summed E-state index contributed by atoms with van der Waals surface area (Å²) in [7, 11) is 0. The number of furan rings is 1. The van der Waals surface area contributed by atoms with E-state index in [1.807, 2.05) is 24.3 Å². The van der Waals surface area contributed by atoms with Crippen molar-refractivity contribution in [3.8, 4) is 11.1 Å². The molecule has 2 aromatic rings. The van der Waals surface area contributed by atoms with Crippen molar-refractivity contribution in [2.24, 2.45) is 0 Å². The molecule has 27 heavy (non-hydrogen) atoms. The van der Waals surface area contributed by atoms with Crippen LogP contribution < -0.4 is 0 Å². The van der Waals surface area contributed by atoms with E-state index < -0.39 is 11.9 Å². The summed E-state index contributed by atoms with van der Waals surface area (Å²) in [4.78, 5) is 22.6. The minimum atomic E-state index is -1.12. The molecule has 1 aromatic carbocycles. The Morgan fingerprint density at radius 3 is 2.30 bits per heavy atom. The molecule has 0 saturated carbocycles. The molecule has 0 amide bonds. The zero-order valence-corrected chi connectivity index (χ0v) is 15.5. The normalized spacial score (nSPS) is 11.9. The van der Waals surface area contributed by atoms with Gasteiger partial charge in [-0.1, -0.05) is 56.8 Å². The van der Waals surface area contributed by atoms with Gasteiger partial charge in [0.25, 0.3) is 0 Å². The molecule has 0 aliphatic rings. The Hall–Kier alpha value is -3.34. The summed E-state index contributed by atoms with van der Waals surface area (Å²) in [5.74, 6) is -1.59. The Labute approximate surface area is 158 Å². The number of carbonyl (C=O) groups is 2. The van der Waals surface area contributed by atoms with Crippen molar-refractivity contribution < 1.29 is 24.2 Å². The molecule has 0 aliphatic heterocycles. The molecule has 0 spiro atoms. The number of benzene rings is 1. The molecule has 1 heterocycles. The van der Waals surface area contributed by atoms with Crippen LogP contribution in [-0.2, 0) is 4.79 Å². The van der Waals surface area contributed by atoms with Crippen LogP contribution >= 0.6 is 0 Å². The van der Waals surface area contributed by atoms with Gasteiger partial charge in [-0.2, -0.15) is 0 Å². The topological polar surface area (TPSA) is 87.7 Å². The molecule has 0 radical (unpaired) electrons. The smallest absolute Gasteiger partial charge is 0.340 e. The second kappa shape index (κ2) is 8.36. The number of hydrogen-bond acceptors (Lipinski definition) is 3. The Bertz CT molecular complexity index is 924. The Kier molecular flexibility index (Phi) is 6.19. The lowest BCUT2D eigenvalue weighted by Crippen LogP contribution is -2.00. The van der Waals surface area contributed by atoms with Gasteiger partial charge in [0.2, 0.25) is 0 Å². The number of aromatic carboxylic acids is 1. The first kappa shape index (κ1) is 20.0. The summed E-state index contributed by atoms with van der Waals surface area (Å²) in [5, 5.41) is 18.5. The van der Waals surface area contributed by atoms with Gasteiger partial charge < -0.3 is 14.6 Å². The highest BCUT2D eigenvalue weighted by Gasteiger charge is 2.22. The van der Waals surface area contributed by atoms with Gasteiger partial charge in [0, 0.05) is 5.56 Å². The molecule has 2 rings (SSSR count). The second-order valence-corrected chi connectivity index (χ2v) is 6.47. The van der Waals surface area contributed by atoms with E-state index in [4.69, 9.17) is 9.52 Å². The van der Waals surface area contributed by atoms with Crippen LogP contribution in [0, 0.1) is 0 Å². The Morgan fingerprint density at radius 2 is 1.78 bits per heavy atom. The molecule has 2 N–H and O–H groups in total. The van der Waals surface area contributed by atoms with Crippen LogP contribution in [0.2, 0.25) is 0 Å². The van der Waals surface area contributed by atoms with Crippen molar-refractivity contribution in [3.05, 3.63) is 77.8 Å². The highest BCUT2D eigenvalue weighted by molar-refractivity contribution is 6.00. The van der Waals surface area contributed by atoms with E-state index in [1.54, 1.807) is 13.0 Å². The molecule has 5 heteroatoms. The van der Waals surface area contributed by atoms with Gasteiger partial charge in [-0.25, -0.2) is 9.59 Å². The van der Waals surface area contributed by atoms with Crippen LogP contribution in [0.1, 0.15) is 48.4 Å². The van der Waals surface area contributed by atoms with Gasteiger partial charge in [-0.05, 0) is 35.6 Å². The van der Waals surface area contributed by atoms with Crippen molar-refractivity contribution in [1.29, 1.82) is 0 Å². The SMILES string of the molecule is C=C(/C=C\C=C(/C)c1occ(-c2ccc(C(C)C)cc2)c1C(=O)O)C(=O)O. The lowest BCUT2D eigenvalue weighted by atomic mass is 9.97. The van der Waals surface area contributed by atoms with Crippen molar-refractivity contribution >= 4 is 17.5 Å². The van der Waals surface area contributed by atoms with Crippen molar-refractivity contribution in [2.75, 3.05) is 0 Å². The van der Waals surface area contributed by atoms with E-state index in [0.29, 0.717) is 17.1 Å². The fraction of sp³-hybridized carbons (Fsp3) is 0.182. The van der Waals surface area contributed by atoms with Crippen molar-refractivity contribution in [1.82, 2.24) is 0 Å². The van der Waals surface area contributed by atoms with Gasteiger partial charge >= 0.3 is 11.9 Å². The minimum absolute atomic E-state index is 0.0668. The monoisotopic (exact) mass is 366 g/mol. The molecular formula is C22H22O5. The third-order valence-corrected chi connectivity index (χ3v) is 4.17. The molecular weight excluding hydrogens is 344 g/mol. The average Bonchev–Trinajstić information content (AvgIpc) is 3.06. The number of allylic oxidation sites excluding steroid dienone is 3. The van der Waals surface area contributed by atoms with Crippen LogP contribution in [0.3, 0.4) is 0 Å². The van der Waals surface area contributed by atoms with E-state index in [-0.39, 0.29) is 16.9 Å². The largest absolute Gasteiger partial charge is 0.478 e. The van der Waals surface area contributed by atoms with Crippen molar-refractivity contribution in [2.45, 2.75) is 26.7 Å². The highest BCUT2D eigenvalue weighted by atomic mass is 16.4. The van der Waals surface area contributed by atoms with E-state index in [1.165, 1.54) is 24.0 Å². The van der Waals surface area contributed by atoms with E-state index in [0.717, 1.165) is 5.56 Å². The second-order valence-electron chi connectivity index (χ2n) is 6.47. The van der Waals surface area contributed by atoms with E-state index >= 15 is 0 Å². The first-order valence-electron chi connectivity index (χ1n) is 8.45. The van der Waals surface area contributed by atoms with Crippen LogP contribution in [0.15, 0.2) is 65.3 Å². The molecule has 5 nitrogen and oxygen atoms in total. The quantitative estimate of drug-likeness (QED) is 0.508. The molecule has 0 bridgehead atoms. The maximum absolute atomic E-state index is 11.8. The first-order valence-corrected chi connectivity index (χ1v) is 8.45. The van der Waals surface area contributed by atoms with Crippen LogP contribution in [0.25, 0.3) is 16.7 Å². The summed E-state index contributed by atoms with van der Waals surface area (Å²) in [5.41, 5.74) is 2.99. The van der Waals surface area contributed by atoms with Gasteiger partial charge in [-0.3, -0.25) is 0 Å². The van der Waals surface area contributed by atoms with Crippen molar-refractivity contribution in [3.63, 3.8) is 0 Å². The molecule has 140 valence electrons. The molecule has 0 fully saturated rings. The van der Waals surface area contributed by atoms with Gasteiger partial charge in [0.15, 0.2) is 0 Å². The predicted octanol–water partition coefficient (Wildman–Crippen LogP) is 5.37. The number of rotatable bonds is 7. The number of carboxylic acids is 2. The highest BCUT2D eigenvalue weighted by Crippen LogP contribution is 2.33. The van der Waals surface area contributed by atoms with E-state index in [9.17, 15) is 14.7 Å². The third-order valence-electron chi connectivity index (χ3n) is 4.17. The fourth-order valence-corrected chi connectivity index (χ4v) is 2.58. The van der Waals surface area contributed by atoms with Gasteiger partial charge in [-0.15, -0.1) is 0 Å². The summed E-state index contributed by atoms with van der Waals surface area (Å²) in [6, 6.07) is 7.71. The molecule has 0 unspecified atom stereocenters. The van der Waals surface area contributed by atoms with Crippen LogP contribution in [-0.4, -0.2) is 22.2 Å². The third kappa shape index (κ3) is 4.64. The summed E-state index contributed by atoms with van der Waals surface area (Å²) >= 11 is 0. The lowest BCUT2D eigenvalue weighted by molar-refractivity contribution is -0.132. The number of hydrogen-bond donors (Lipinski definition) is 2. The zero-order valence-electron chi connectivity index (χ0n) is 15.5. The van der Waals surface area contributed by atoms with Crippen LogP contribution in [0.4, 0.5) is 0 Å². The number of aliphatic carboxylic acids is 1. The lowest BCUT2D eigenvalue weighted by Gasteiger charge is -2.07.